The number of Topliss-reactive ketones (excluding diaryl/α,β-unsaturated/α-hetero) is 2. The molecule has 15 heteroatoms. The number of epoxide rings is 1. The van der Waals surface area contributed by atoms with Crippen LogP contribution in [0.15, 0.2) is 30.3 Å². The van der Waals surface area contributed by atoms with Crippen LogP contribution in [-0.4, -0.2) is 112 Å². The van der Waals surface area contributed by atoms with Crippen molar-refractivity contribution in [1.82, 2.24) is 15.5 Å². The predicted octanol–water partition coefficient (Wildman–Crippen LogP) is 0.943. The number of halogens is 4. The molecule has 42 heavy (non-hydrogen) atoms. The first-order valence-electron chi connectivity index (χ1n) is 13.4. The standard InChI is InChI=1S/C27H35F4N3O8/c1-27(16-42-27)23(37)19(11-17-5-3-2-4-6-17)33-24(38)18(14-40-25(28)29)12-21(35)20(15-41-26(30)31)32-22(36)13-34-7-9-39-10-8-34/h2-6,18-20,25-26H,7-16H2,1H3,(H,32,36)(H,33,38)/t18-,19-,20-,27+/m0/s1. The summed E-state index contributed by atoms with van der Waals surface area (Å²) in [6.07, 6.45) is -0.711. The maximum absolute atomic E-state index is 13.3. The molecule has 0 spiro atoms. The van der Waals surface area contributed by atoms with Gasteiger partial charge in [-0.2, -0.15) is 17.6 Å². The van der Waals surface area contributed by atoms with Crippen LogP contribution in [0.3, 0.4) is 0 Å². The van der Waals surface area contributed by atoms with Crippen LogP contribution in [0.25, 0.3) is 0 Å². The second-order valence-electron chi connectivity index (χ2n) is 10.2. The fourth-order valence-corrected chi connectivity index (χ4v) is 4.36. The highest BCUT2D eigenvalue weighted by molar-refractivity contribution is 5.98. The molecule has 2 saturated heterocycles. The third kappa shape index (κ3) is 11.0. The van der Waals surface area contributed by atoms with E-state index in [2.05, 4.69) is 20.1 Å². The average molecular weight is 606 g/mol. The van der Waals surface area contributed by atoms with Crippen LogP contribution in [0.5, 0.6) is 0 Å². The number of carbonyl (C=O) groups excluding carboxylic acids is 4. The normalized spacial score (nSPS) is 21.0. The number of nitrogens with one attached hydrogen (secondary N) is 2. The SMILES string of the molecule is C[C@]1(C(=O)[C@H](Cc2ccccc2)NC(=O)[C@H](COC(F)F)CC(=O)[C@H](COC(F)F)NC(=O)CN2CCOCC2)CO1. The topological polar surface area (TPSA) is 136 Å². The number of ketones is 2. The zero-order valence-electron chi connectivity index (χ0n) is 23.1. The van der Waals surface area contributed by atoms with Gasteiger partial charge in [0.25, 0.3) is 0 Å². The fourth-order valence-electron chi connectivity index (χ4n) is 4.36. The average Bonchev–Trinajstić information content (AvgIpc) is 3.71. The molecule has 2 fully saturated rings. The zero-order chi connectivity index (χ0) is 30.7. The smallest absolute Gasteiger partial charge is 0.345 e. The van der Waals surface area contributed by atoms with Crippen molar-refractivity contribution in [3.05, 3.63) is 35.9 Å². The van der Waals surface area contributed by atoms with Crippen LogP contribution in [0.4, 0.5) is 17.6 Å². The molecule has 0 bridgehead atoms. The van der Waals surface area contributed by atoms with E-state index in [4.69, 9.17) is 9.47 Å². The molecule has 0 aliphatic carbocycles. The summed E-state index contributed by atoms with van der Waals surface area (Å²) in [5, 5.41) is 4.85. The summed E-state index contributed by atoms with van der Waals surface area (Å²) in [5.74, 6) is -4.53. The largest absolute Gasteiger partial charge is 0.379 e. The number of alkyl halides is 4. The Labute approximate surface area is 240 Å². The quantitative estimate of drug-likeness (QED) is 0.185. The Bertz CT molecular complexity index is 1060. The summed E-state index contributed by atoms with van der Waals surface area (Å²) in [7, 11) is 0. The summed E-state index contributed by atoms with van der Waals surface area (Å²) in [6, 6.07) is 5.98. The van der Waals surface area contributed by atoms with Gasteiger partial charge >= 0.3 is 13.2 Å². The first-order chi connectivity index (χ1) is 20.0. The number of nitrogens with zero attached hydrogens (tertiary/aromatic N) is 1. The van der Waals surface area contributed by atoms with E-state index in [0.717, 1.165) is 0 Å². The Hall–Kier alpha value is -2.98. The van der Waals surface area contributed by atoms with E-state index in [1.807, 2.05) is 0 Å². The molecule has 3 rings (SSSR count). The molecule has 1 aromatic rings. The van der Waals surface area contributed by atoms with Crippen LogP contribution in [0.1, 0.15) is 18.9 Å². The highest BCUT2D eigenvalue weighted by Gasteiger charge is 2.50. The minimum absolute atomic E-state index is 0.0587. The van der Waals surface area contributed by atoms with Crippen molar-refractivity contribution >= 4 is 23.4 Å². The summed E-state index contributed by atoms with van der Waals surface area (Å²) in [4.78, 5) is 53.8. The Morgan fingerprint density at radius 2 is 1.57 bits per heavy atom. The first kappa shape index (κ1) is 33.5. The lowest BCUT2D eigenvalue weighted by molar-refractivity contribution is -0.155. The Kier molecular flexibility index (Phi) is 12.8. The molecule has 1 aromatic carbocycles. The van der Waals surface area contributed by atoms with Crippen molar-refractivity contribution in [3.8, 4) is 0 Å². The van der Waals surface area contributed by atoms with Gasteiger partial charge < -0.3 is 29.6 Å². The minimum Gasteiger partial charge on any atom is -0.379 e. The van der Waals surface area contributed by atoms with E-state index in [1.165, 1.54) is 0 Å². The van der Waals surface area contributed by atoms with E-state index < -0.39 is 79.8 Å². The van der Waals surface area contributed by atoms with Gasteiger partial charge in [-0.3, -0.25) is 24.1 Å². The summed E-state index contributed by atoms with van der Waals surface area (Å²) < 4.78 is 70.4. The number of amides is 2. The number of carbonyl (C=O) groups is 4. The van der Waals surface area contributed by atoms with Crippen LogP contribution >= 0.6 is 0 Å². The van der Waals surface area contributed by atoms with E-state index >= 15 is 0 Å². The molecule has 0 unspecified atom stereocenters. The molecule has 11 nitrogen and oxygen atoms in total. The third-order valence-electron chi connectivity index (χ3n) is 6.84. The van der Waals surface area contributed by atoms with Gasteiger partial charge in [-0.1, -0.05) is 30.3 Å². The lowest BCUT2D eigenvalue weighted by atomic mass is 9.93. The van der Waals surface area contributed by atoms with Crippen molar-refractivity contribution < 1.29 is 55.7 Å². The van der Waals surface area contributed by atoms with Crippen molar-refractivity contribution in [1.29, 1.82) is 0 Å². The lowest BCUT2D eigenvalue weighted by Gasteiger charge is -2.27. The van der Waals surface area contributed by atoms with Crippen molar-refractivity contribution in [2.75, 3.05) is 52.7 Å². The molecule has 234 valence electrons. The Morgan fingerprint density at radius 1 is 0.952 bits per heavy atom. The fraction of sp³-hybridized carbons (Fsp3) is 0.630. The highest BCUT2D eigenvalue weighted by atomic mass is 19.3. The number of ether oxygens (including phenoxy) is 4. The molecule has 2 N–H and O–H groups in total. The van der Waals surface area contributed by atoms with Gasteiger partial charge in [0.05, 0.1) is 51.5 Å². The van der Waals surface area contributed by atoms with E-state index in [1.54, 1.807) is 42.2 Å². The number of benzene rings is 1. The van der Waals surface area contributed by atoms with Gasteiger partial charge in [0.15, 0.2) is 11.6 Å². The number of morpholine rings is 1. The zero-order valence-corrected chi connectivity index (χ0v) is 23.1. The number of rotatable bonds is 18. The Morgan fingerprint density at radius 3 is 2.17 bits per heavy atom. The first-order valence-corrected chi connectivity index (χ1v) is 13.4. The lowest BCUT2D eigenvalue weighted by Crippen LogP contribution is -2.52. The van der Waals surface area contributed by atoms with Gasteiger partial charge in [-0.25, -0.2) is 0 Å². The van der Waals surface area contributed by atoms with Gasteiger partial charge in [0.1, 0.15) is 11.6 Å². The minimum atomic E-state index is -3.28. The molecule has 0 aromatic heterocycles. The molecule has 2 aliphatic heterocycles. The summed E-state index contributed by atoms with van der Waals surface area (Å²) >= 11 is 0. The molecular weight excluding hydrogens is 570 g/mol. The van der Waals surface area contributed by atoms with E-state index in [-0.39, 0.29) is 19.6 Å². The monoisotopic (exact) mass is 605 g/mol. The molecular formula is C27H35F4N3O8. The Balaban J connectivity index is 1.72. The van der Waals surface area contributed by atoms with Crippen molar-refractivity contribution in [3.63, 3.8) is 0 Å². The molecule has 2 heterocycles. The van der Waals surface area contributed by atoms with Crippen LogP contribution in [0.2, 0.25) is 0 Å². The van der Waals surface area contributed by atoms with Gasteiger partial charge in [-0.05, 0) is 18.9 Å². The predicted molar refractivity (Wildman–Crippen MR) is 138 cm³/mol. The van der Waals surface area contributed by atoms with Crippen LogP contribution in [0, 0.1) is 5.92 Å². The van der Waals surface area contributed by atoms with Gasteiger partial charge in [0.2, 0.25) is 11.8 Å². The molecule has 4 atom stereocenters. The second kappa shape index (κ2) is 16.0. The maximum Gasteiger partial charge on any atom is 0.345 e. The highest BCUT2D eigenvalue weighted by Crippen LogP contribution is 2.29. The van der Waals surface area contributed by atoms with Gasteiger partial charge in [-0.15, -0.1) is 0 Å². The van der Waals surface area contributed by atoms with Gasteiger partial charge in [0, 0.05) is 19.5 Å². The van der Waals surface area contributed by atoms with Crippen LogP contribution in [-0.2, 0) is 44.5 Å². The molecule has 0 saturated carbocycles. The van der Waals surface area contributed by atoms with E-state index in [0.29, 0.717) is 31.9 Å². The van der Waals surface area contributed by atoms with Crippen LogP contribution < -0.4 is 10.6 Å². The molecule has 2 aliphatic rings. The summed E-state index contributed by atoms with van der Waals surface area (Å²) in [6.45, 7) is -5.15. The molecule has 2 amide bonds. The molecule has 0 radical (unpaired) electrons. The van der Waals surface area contributed by atoms with E-state index in [9.17, 15) is 36.7 Å². The number of hydrogen-bond acceptors (Lipinski definition) is 9. The maximum atomic E-state index is 13.3. The second-order valence-corrected chi connectivity index (χ2v) is 10.2. The van der Waals surface area contributed by atoms with Crippen molar-refractivity contribution in [2.45, 2.75) is 50.7 Å². The third-order valence-corrected chi connectivity index (χ3v) is 6.84. The number of hydrogen-bond donors (Lipinski definition) is 2. The van der Waals surface area contributed by atoms with Crippen molar-refractivity contribution in [2.24, 2.45) is 5.92 Å². The summed E-state index contributed by atoms with van der Waals surface area (Å²) in [5.41, 5.74) is -0.427.